The Labute approximate surface area is 179 Å². The Morgan fingerprint density at radius 1 is 1.23 bits per heavy atom. The number of aliphatic imine (C=N–C) groups is 1. The van der Waals surface area contributed by atoms with Crippen LogP contribution in [0.2, 0.25) is 5.02 Å². The second-order valence-electron chi connectivity index (χ2n) is 5.64. The van der Waals surface area contributed by atoms with Crippen LogP contribution >= 0.6 is 46.9 Å². The minimum absolute atomic E-state index is 0. The van der Waals surface area contributed by atoms with Gasteiger partial charge in [0.2, 0.25) is 0 Å². The highest BCUT2D eigenvalue weighted by Crippen LogP contribution is 2.16. The molecule has 6 nitrogen and oxygen atoms in total. The number of rotatable bonds is 5. The second-order valence-corrected chi connectivity index (χ2v) is 7.37. The number of nitrogens with zero attached hydrogens (tertiary/aromatic N) is 4. The molecule has 3 rings (SSSR count). The zero-order chi connectivity index (χ0) is 17.8. The average molecular weight is 505 g/mol. The van der Waals surface area contributed by atoms with Crippen LogP contribution in [0, 0.1) is 13.8 Å². The molecule has 0 atom stereocenters. The first-order chi connectivity index (χ1) is 12.0. The summed E-state index contributed by atoms with van der Waals surface area (Å²) in [6, 6.07) is 3.73. The highest BCUT2D eigenvalue weighted by molar-refractivity contribution is 14.0. The highest BCUT2D eigenvalue weighted by Gasteiger charge is 2.06. The van der Waals surface area contributed by atoms with Gasteiger partial charge in [0.05, 0.1) is 29.5 Å². The first kappa shape index (κ1) is 20.9. The lowest BCUT2D eigenvalue weighted by Gasteiger charge is -2.09. The van der Waals surface area contributed by atoms with E-state index in [4.69, 9.17) is 11.6 Å². The number of hydrogen-bond acceptors (Lipinski definition) is 4. The normalized spacial score (nSPS) is 11.5. The highest BCUT2D eigenvalue weighted by atomic mass is 127. The molecule has 140 valence electrons. The Morgan fingerprint density at radius 3 is 2.73 bits per heavy atom. The predicted octanol–water partition coefficient (Wildman–Crippen LogP) is 3.93. The van der Waals surface area contributed by atoms with Crippen molar-refractivity contribution in [1.29, 1.82) is 0 Å². The minimum atomic E-state index is 0. The third-order valence-electron chi connectivity index (χ3n) is 3.69. The molecule has 0 saturated carbocycles. The number of nitrogens with one attached hydrogen (secondary N) is 2. The number of imidazole rings is 1. The van der Waals surface area contributed by atoms with Gasteiger partial charge in [-0.1, -0.05) is 11.6 Å². The van der Waals surface area contributed by atoms with Crippen molar-refractivity contribution in [3.63, 3.8) is 0 Å². The molecule has 2 N–H and O–H groups in total. The topological polar surface area (TPSA) is 66.6 Å². The molecule has 9 heteroatoms. The summed E-state index contributed by atoms with van der Waals surface area (Å²) in [6.45, 7) is 8.11. The van der Waals surface area contributed by atoms with Crippen LogP contribution in [0.5, 0.6) is 0 Å². The standard InChI is InChI=1S/C17H21ClN6S.HI/c1-4-19-17(21-8-16-22-11(2)12(3)25-16)20-7-14-10-24-9-13(18)5-6-15(24)23-14;/h5-6,9-10H,4,7-8H2,1-3H3,(H2,19,20,21);1H. The van der Waals surface area contributed by atoms with Crippen LogP contribution in [0.25, 0.3) is 5.65 Å². The SMILES string of the molecule is CCNC(=NCc1cn2cc(Cl)ccc2n1)NCc1nc(C)c(C)s1.I. The fraction of sp³-hybridized carbons (Fsp3) is 0.353. The smallest absolute Gasteiger partial charge is 0.191 e. The third-order valence-corrected chi connectivity index (χ3v) is 4.98. The zero-order valence-electron chi connectivity index (χ0n) is 14.9. The van der Waals surface area contributed by atoms with Gasteiger partial charge in [-0.05, 0) is 32.9 Å². The van der Waals surface area contributed by atoms with E-state index in [1.807, 2.05) is 42.8 Å². The van der Waals surface area contributed by atoms with Gasteiger partial charge in [0, 0.05) is 23.8 Å². The summed E-state index contributed by atoms with van der Waals surface area (Å²) >= 11 is 7.72. The second kappa shape index (κ2) is 9.52. The van der Waals surface area contributed by atoms with Gasteiger partial charge in [0.25, 0.3) is 0 Å². The summed E-state index contributed by atoms with van der Waals surface area (Å²) in [5.41, 5.74) is 2.84. The summed E-state index contributed by atoms with van der Waals surface area (Å²) in [5, 5.41) is 8.31. The summed E-state index contributed by atoms with van der Waals surface area (Å²) in [4.78, 5) is 15.0. The van der Waals surface area contributed by atoms with E-state index >= 15 is 0 Å². The van der Waals surface area contributed by atoms with E-state index in [1.54, 1.807) is 11.3 Å². The van der Waals surface area contributed by atoms with Crippen LogP contribution in [0.15, 0.2) is 29.5 Å². The molecule has 0 saturated heterocycles. The van der Waals surface area contributed by atoms with Gasteiger partial charge in [-0.15, -0.1) is 35.3 Å². The Kier molecular flexibility index (Phi) is 7.66. The van der Waals surface area contributed by atoms with Crippen molar-refractivity contribution in [3.05, 3.63) is 50.8 Å². The molecule has 3 heterocycles. The Balaban J connectivity index is 0.00000243. The quantitative estimate of drug-likeness (QED) is 0.314. The van der Waals surface area contributed by atoms with Crippen molar-refractivity contribution in [3.8, 4) is 0 Å². The van der Waals surface area contributed by atoms with E-state index in [0.29, 0.717) is 18.1 Å². The molecule has 0 unspecified atom stereocenters. The molecule has 0 spiro atoms. The van der Waals surface area contributed by atoms with Crippen molar-refractivity contribution in [2.45, 2.75) is 33.9 Å². The monoisotopic (exact) mass is 504 g/mol. The van der Waals surface area contributed by atoms with Crippen LogP contribution in [0.1, 0.15) is 28.2 Å². The van der Waals surface area contributed by atoms with Gasteiger partial charge < -0.3 is 15.0 Å². The number of fused-ring (bicyclic) bond motifs is 1. The number of hydrogen-bond donors (Lipinski definition) is 2. The molecule has 0 aliphatic heterocycles. The molecule has 3 aromatic rings. The maximum atomic E-state index is 6.01. The molecule has 0 bridgehead atoms. The number of pyridine rings is 1. The lowest BCUT2D eigenvalue weighted by atomic mass is 10.4. The van der Waals surface area contributed by atoms with Crippen LogP contribution in [-0.2, 0) is 13.1 Å². The van der Waals surface area contributed by atoms with Crippen LogP contribution < -0.4 is 10.6 Å². The van der Waals surface area contributed by atoms with E-state index < -0.39 is 0 Å². The molecule has 0 aromatic carbocycles. The lowest BCUT2D eigenvalue weighted by molar-refractivity contribution is 0.807. The van der Waals surface area contributed by atoms with Crippen LogP contribution in [0.4, 0.5) is 0 Å². The summed E-state index contributed by atoms with van der Waals surface area (Å²) < 4.78 is 1.91. The molecule has 0 fully saturated rings. The molecule has 0 aliphatic carbocycles. The molecule has 3 aromatic heterocycles. The maximum Gasteiger partial charge on any atom is 0.191 e. The van der Waals surface area contributed by atoms with Gasteiger partial charge in [-0.3, -0.25) is 0 Å². The Hall–Kier alpha value is -1.39. The van der Waals surface area contributed by atoms with E-state index in [9.17, 15) is 0 Å². The Morgan fingerprint density at radius 2 is 2.04 bits per heavy atom. The number of aryl methyl sites for hydroxylation is 2. The van der Waals surface area contributed by atoms with E-state index in [2.05, 4.69) is 32.5 Å². The molecular weight excluding hydrogens is 483 g/mol. The van der Waals surface area contributed by atoms with E-state index in [-0.39, 0.29) is 24.0 Å². The van der Waals surface area contributed by atoms with Crippen LogP contribution in [-0.4, -0.2) is 26.9 Å². The van der Waals surface area contributed by atoms with Crippen molar-refractivity contribution >= 4 is 58.5 Å². The molecule has 0 amide bonds. The van der Waals surface area contributed by atoms with Gasteiger partial charge in [-0.2, -0.15) is 0 Å². The van der Waals surface area contributed by atoms with Gasteiger partial charge >= 0.3 is 0 Å². The summed E-state index contributed by atoms with van der Waals surface area (Å²) in [5.74, 6) is 0.753. The minimum Gasteiger partial charge on any atom is -0.357 e. The van der Waals surface area contributed by atoms with Gasteiger partial charge in [-0.25, -0.2) is 15.0 Å². The summed E-state index contributed by atoms with van der Waals surface area (Å²) in [6.07, 6.45) is 3.79. The van der Waals surface area contributed by atoms with Gasteiger partial charge in [0.15, 0.2) is 5.96 Å². The number of halogens is 2. The molecule has 26 heavy (non-hydrogen) atoms. The lowest BCUT2D eigenvalue weighted by Crippen LogP contribution is -2.36. The first-order valence-electron chi connectivity index (χ1n) is 8.13. The fourth-order valence-electron chi connectivity index (χ4n) is 2.37. The van der Waals surface area contributed by atoms with E-state index in [1.165, 1.54) is 4.88 Å². The van der Waals surface area contributed by atoms with E-state index in [0.717, 1.165) is 34.5 Å². The largest absolute Gasteiger partial charge is 0.357 e. The maximum absolute atomic E-state index is 6.01. The number of thiazole rings is 1. The van der Waals surface area contributed by atoms with Crippen molar-refractivity contribution in [1.82, 2.24) is 25.0 Å². The predicted molar refractivity (Wildman–Crippen MR) is 119 cm³/mol. The molecule has 0 aliphatic rings. The number of aromatic nitrogens is 3. The summed E-state index contributed by atoms with van der Waals surface area (Å²) in [7, 11) is 0. The van der Waals surface area contributed by atoms with Crippen molar-refractivity contribution in [2.24, 2.45) is 4.99 Å². The fourth-order valence-corrected chi connectivity index (χ4v) is 3.41. The van der Waals surface area contributed by atoms with Crippen LogP contribution in [0.3, 0.4) is 0 Å². The number of guanidine groups is 1. The van der Waals surface area contributed by atoms with Crippen molar-refractivity contribution in [2.75, 3.05) is 6.54 Å². The Bertz CT molecular complexity index is 884. The third kappa shape index (κ3) is 5.31. The van der Waals surface area contributed by atoms with Crippen molar-refractivity contribution < 1.29 is 0 Å². The molecular formula is C17H22ClIN6S. The molecule has 0 radical (unpaired) electrons. The average Bonchev–Trinajstić information content (AvgIpc) is 3.12. The van der Waals surface area contributed by atoms with Gasteiger partial charge in [0.1, 0.15) is 10.7 Å². The zero-order valence-corrected chi connectivity index (χ0v) is 18.8. The first-order valence-corrected chi connectivity index (χ1v) is 9.33.